The first-order valence-electron chi connectivity index (χ1n) is 3.10. The molecule has 0 fully saturated rings. The molecule has 11 heavy (non-hydrogen) atoms. The lowest BCUT2D eigenvalue weighted by Crippen LogP contribution is -2.19. The third-order valence-electron chi connectivity index (χ3n) is 1.18. The van der Waals surface area contributed by atoms with Gasteiger partial charge < -0.3 is 16.8 Å². The average Bonchev–Trinajstić information content (AvgIpc) is 1.93. The largest absolute Gasteiger partial charge is 0.399 e. The van der Waals surface area contributed by atoms with E-state index < -0.39 is 6.03 Å². The van der Waals surface area contributed by atoms with Crippen molar-refractivity contribution in [1.82, 2.24) is 0 Å². The molecule has 1 rings (SSSR count). The van der Waals surface area contributed by atoms with E-state index in [9.17, 15) is 4.79 Å². The van der Waals surface area contributed by atoms with Crippen LogP contribution in [0.15, 0.2) is 24.3 Å². The number of nitrogens with one attached hydrogen (secondary N) is 1. The lowest BCUT2D eigenvalue weighted by molar-refractivity contribution is 0.259. The molecule has 0 unspecified atom stereocenters. The molecule has 0 aromatic heterocycles. The molecular weight excluding hydrogens is 142 g/mol. The van der Waals surface area contributed by atoms with Crippen LogP contribution in [0.2, 0.25) is 0 Å². The molecule has 4 nitrogen and oxygen atoms in total. The normalized spacial score (nSPS) is 9.09. The van der Waals surface area contributed by atoms with E-state index in [0.29, 0.717) is 11.4 Å². The molecule has 0 radical (unpaired) electrons. The molecule has 0 atom stereocenters. The predicted molar refractivity (Wildman–Crippen MR) is 44.1 cm³/mol. The van der Waals surface area contributed by atoms with Crippen LogP contribution >= 0.6 is 0 Å². The first-order valence-corrected chi connectivity index (χ1v) is 3.10. The smallest absolute Gasteiger partial charge is 0.316 e. The highest BCUT2D eigenvalue weighted by atomic mass is 16.2. The van der Waals surface area contributed by atoms with Gasteiger partial charge in [0.25, 0.3) is 0 Å². The molecule has 0 saturated heterocycles. The van der Waals surface area contributed by atoms with E-state index in [0.717, 1.165) is 0 Å². The maximum absolute atomic E-state index is 10.3. The molecule has 5 N–H and O–H groups in total. The monoisotopic (exact) mass is 151 g/mol. The van der Waals surface area contributed by atoms with Crippen LogP contribution in [0.4, 0.5) is 16.2 Å². The summed E-state index contributed by atoms with van der Waals surface area (Å²) in [4.78, 5) is 10.3. The Morgan fingerprint density at radius 1 is 1.27 bits per heavy atom. The number of primary amides is 1. The Labute approximate surface area is 64.2 Å². The molecule has 0 aliphatic rings. The summed E-state index contributed by atoms with van der Waals surface area (Å²) >= 11 is 0. The van der Waals surface area contributed by atoms with Gasteiger partial charge in [-0.05, 0) is 24.3 Å². The van der Waals surface area contributed by atoms with E-state index in [1.807, 2.05) is 0 Å². The summed E-state index contributed by atoms with van der Waals surface area (Å²) in [6, 6.07) is 6.16. The summed E-state index contributed by atoms with van der Waals surface area (Å²) in [5.41, 5.74) is 11.6. The zero-order valence-electron chi connectivity index (χ0n) is 5.87. The Balaban J connectivity index is 2.74. The molecule has 0 heterocycles. The van der Waals surface area contributed by atoms with Crippen LogP contribution in [0.5, 0.6) is 0 Å². The minimum absolute atomic E-state index is 0.574. The predicted octanol–water partition coefficient (Wildman–Crippen LogP) is 0.759. The van der Waals surface area contributed by atoms with Crippen molar-refractivity contribution in [2.45, 2.75) is 0 Å². The fourth-order valence-corrected chi connectivity index (χ4v) is 0.709. The molecule has 4 heteroatoms. The summed E-state index contributed by atoms with van der Waals surface area (Å²) < 4.78 is 0. The topological polar surface area (TPSA) is 81.1 Å². The Morgan fingerprint density at radius 2 is 1.82 bits per heavy atom. The van der Waals surface area contributed by atoms with Crippen LogP contribution in [-0.4, -0.2) is 6.03 Å². The van der Waals surface area contributed by atoms with Gasteiger partial charge in [0.2, 0.25) is 0 Å². The van der Waals surface area contributed by atoms with Gasteiger partial charge in [-0.3, -0.25) is 0 Å². The van der Waals surface area contributed by atoms with E-state index in [4.69, 9.17) is 11.5 Å². The van der Waals surface area contributed by atoms with Crippen molar-refractivity contribution in [1.29, 1.82) is 0 Å². The van der Waals surface area contributed by atoms with Gasteiger partial charge in [-0.1, -0.05) is 0 Å². The number of nitrogen functional groups attached to an aromatic ring is 1. The van der Waals surface area contributed by atoms with Crippen molar-refractivity contribution in [3.8, 4) is 0 Å². The van der Waals surface area contributed by atoms with Crippen LogP contribution in [0.1, 0.15) is 0 Å². The molecule has 0 spiro atoms. The summed E-state index contributed by atoms with van der Waals surface area (Å²) in [6.45, 7) is 0. The Morgan fingerprint density at radius 3 is 2.27 bits per heavy atom. The zero-order valence-corrected chi connectivity index (χ0v) is 5.87. The number of nitrogens with two attached hydrogens (primary N) is 2. The van der Waals surface area contributed by atoms with Crippen molar-refractivity contribution in [2.75, 3.05) is 11.1 Å². The molecule has 2 amide bonds. The van der Waals surface area contributed by atoms with Crippen molar-refractivity contribution in [3.63, 3.8) is 0 Å². The minimum Gasteiger partial charge on any atom is -0.399 e. The van der Waals surface area contributed by atoms with Crippen molar-refractivity contribution >= 4 is 17.4 Å². The second-order valence-electron chi connectivity index (χ2n) is 2.11. The highest BCUT2D eigenvalue weighted by Gasteiger charge is 1.93. The third kappa shape index (κ3) is 2.17. The van der Waals surface area contributed by atoms with Crippen LogP contribution in [-0.2, 0) is 0 Å². The molecule has 0 aliphatic heterocycles. The lowest BCUT2D eigenvalue weighted by atomic mass is 10.3. The van der Waals surface area contributed by atoms with Crippen molar-refractivity contribution in [3.05, 3.63) is 24.3 Å². The number of carbonyl (C=O) groups is 1. The van der Waals surface area contributed by atoms with E-state index in [1.54, 1.807) is 24.3 Å². The molecular formula is C7H9N3O. The highest BCUT2D eigenvalue weighted by Crippen LogP contribution is 2.09. The van der Waals surface area contributed by atoms with E-state index >= 15 is 0 Å². The SMILES string of the molecule is NC(=O)Nc1ccc(N)cc1. The molecule has 0 aliphatic carbocycles. The fraction of sp³-hybridized carbons (Fsp3) is 0. The Hall–Kier alpha value is -1.71. The summed E-state index contributed by atoms with van der Waals surface area (Å²) in [6.07, 6.45) is 0. The van der Waals surface area contributed by atoms with Gasteiger partial charge in [0.15, 0.2) is 0 Å². The maximum Gasteiger partial charge on any atom is 0.316 e. The number of urea groups is 1. The van der Waals surface area contributed by atoms with Crippen molar-refractivity contribution < 1.29 is 4.79 Å². The van der Waals surface area contributed by atoms with Crippen LogP contribution in [0, 0.1) is 0 Å². The van der Waals surface area contributed by atoms with E-state index in [1.165, 1.54) is 0 Å². The van der Waals surface area contributed by atoms with Gasteiger partial charge in [-0.15, -0.1) is 0 Å². The number of hydrogen-bond acceptors (Lipinski definition) is 2. The van der Waals surface area contributed by atoms with Gasteiger partial charge in [0.1, 0.15) is 0 Å². The second kappa shape index (κ2) is 2.92. The highest BCUT2D eigenvalue weighted by molar-refractivity contribution is 5.87. The van der Waals surface area contributed by atoms with Gasteiger partial charge in [0.05, 0.1) is 0 Å². The zero-order chi connectivity index (χ0) is 8.27. The molecule has 1 aromatic carbocycles. The van der Waals surface area contributed by atoms with E-state index in [2.05, 4.69) is 5.32 Å². The van der Waals surface area contributed by atoms with Crippen LogP contribution in [0.25, 0.3) is 0 Å². The Bertz CT molecular complexity index is 255. The lowest BCUT2D eigenvalue weighted by Gasteiger charge is -2.00. The number of carbonyl (C=O) groups excluding carboxylic acids is 1. The maximum atomic E-state index is 10.3. The number of rotatable bonds is 1. The van der Waals surface area contributed by atoms with Crippen LogP contribution in [0.3, 0.4) is 0 Å². The summed E-state index contributed by atoms with van der Waals surface area (Å²) in [7, 11) is 0. The summed E-state index contributed by atoms with van der Waals surface area (Å²) in [5, 5.41) is 2.42. The summed E-state index contributed by atoms with van der Waals surface area (Å²) in [5.74, 6) is 0. The third-order valence-corrected chi connectivity index (χ3v) is 1.18. The fourth-order valence-electron chi connectivity index (χ4n) is 0.709. The van der Waals surface area contributed by atoms with E-state index in [-0.39, 0.29) is 0 Å². The van der Waals surface area contributed by atoms with Gasteiger partial charge >= 0.3 is 6.03 Å². The van der Waals surface area contributed by atoms with Crippen molar-refractivity contribution in [2.24, 2.45) is 5.73 Å². The number of benzene rings is 1. The Kier molecular flexibility index (Phi) is 1.96. The van der Waals surface area contributed by atoms with Crippen LogP contribution < -0.4 is 16.8 Å². The first-order chi connectivity index (χ1) is 5.18. The molecule has 58 valence electrons. The molecule has 0 bridgehead atoms. The number of anilines is 2. The minimum atomic E-state index is -0.574. The standard InChI is InChI=1S/C7H9N3O/c8-5-1-3-6(4-2-5)10-7(9)11/h1-4H,8H2,(H3,9,10,11). The first kappa shape index (κ1) is 7.40. The quantitative estimate of drug-likeness (QED) is 0.518. The van der Waals surface area contributed by atoms with Gasteiger partial charge in [-0.25, -0.2) is 4.79 Å². The molecule has 0 saturated carbocycles. The van der Waals surface area contributed by atoms with Gasteiger partial charge in [-0.2, -0.15) is 0 Å². The molecule has 1 aromatic rings. The second-order valence-corrected chi connectivity index (χ2v) is 2.11. The number of hydrogen-bond donors (Lipinski definition) is 3. The number of amides is 2. The van der Waals surface area contributed by atoms with Gasteiger partial charge in [0, 0.05) is 11.4 Å². The average molecular weight is 151 g/mol.